The van der Waals surface area contributed by atoms with E-state index in [4.69, 9.17) is 4.74 Å². The molecular weight excluding hydrogens is 410 g/mol. The van der Waals surface area contributed by atoms with Gasteiger partial charge >= 0.3 is 0 Å². The molecule has 0 saturated heterocycles. The number of fused-ring (bicyclic) bond motifs is 1. The standard InChI is InChI=1S/C20H21N3O6S/c1-4-10-22-17-9-8-14(11-18(17)29-13-20(2,3)19(22)24)21-30(27,28)16-7-5-6-15(12-16)23(25)26/h4-9,11-12,21H,1,10,13H2,2-3H3. The van der Waals surface area contributed by atoms with E-state index in [2.05, 4.69) is 11.3 Å². The Bertz CT molecular complexity index is 1130. The Hall–Kier alpha value is -3.40. The van der Waals surface area contributed by atoms with E-state index >= 15 is 0 Å². The van der Waals surface area contributed by atoms with E-state index in [1.165, 1.54) is 35.2 Å². The number of benzene rings is 2. The van der Waals surface area contributed by atoms with Crippen molar-refractivity contribution in [3.63, 3.8) is 0 Å². The summed E-state index contributed by atoms with van der Waals surface area (Å²) < 4.78 is 33.6. The molecule has 0 spiro atoms. The first-order valence-corrected chi connectivity index (χ1v) is 10.5. The van der Waals surface area contributed by atoms with Crippen LogP contribution in [-0.2, 0) is 14.8 Å². The van der Waals surface area contributed by atoms with Gasteiger partial charge in [-0.05, 0) is 32.0 Å². The molecule has 0 aromatic heterocycles. The van der Waals surface area contributed by atoms with Crippen LogP contribution in [-0.4, -0.2) is 32.4 Å². The number of carbonyl (C=O) groups is 1. The molecule has 0 saturated carbocycles. The third-order valence-electron chi connectivity index (χ3n) is 4.57. The minimum atomic E-state index is -4.07. The van der Waals surface area contributed by atoms with Crippen LogP contribution in [0.3, 0.4) is 0 Å². The summed E-state index contributed by atoms with van der Waals surface area (Å²) in [7, 11) is -4.07. The van der Waals surface area contributed by atoms with Gasteiger partial charge < -0.3 is 9.64 Å². The topological polar surface area (TPSA) is 119 Å². The van der Waals surface area contributed by atoms with E-state index in [1.807, 2.05) is 0 Å². The van der Waals surface area contributed by atoms with Gasteiger partial charge in [-0.2, -0.15) is 0 Å². The number of amides is 1. The number of nitrogens with one attached hydrogen (secondary N) is 1. The molecule has 0 atom stereocenters. The summed E-state index contributed by atoms with van der Waals surface area (Å²) in [5.41, 5.74) is -0.399. The van der Waals surface area contributed by atoms with E-state index in [1.54, 1.807) is 26.0 Å². The van der Waals surface area contributed by atoms with Crippen LogP contribution in [0, 0.1) is 15.5 Å². The lowest BCUT2D eigenvalue weighted by Crippen LogP contribution is -2.42. The zero-order chi connectivity index (χ0) is 22.1. The lowest BCUT2D eigenvalue weighted by Gasteiger charge is -2.27. The predicted molar refractivity (Wildman–Crippen MR) is 112 cm³/mol. The highest BCUT2D eigenvalue weighted by molar-refractivity contribution is 7.92. The van der Waals surface area contributed by atoms with Crippen molar-refractivity contribution >= 4 is 33.0 Å². The number of nitro benzene ring substituents is 1. The molecule has 1 aliphatic heterocycles. The van der Waals surface area contributed by atoms with Gasteiger partial charge in [-0.25, -0.2) is 8.42 Å². The molecule has 9 nitrogen and oxygen atoms in total. The van der Waals surface area contributed by atoms with E-state index < -0.39 is 20.4 Å². The highest BCUT2D eigenvalue weighted by Gasteiger charge is 2.37. The Morgan fingerprint density at radius 1 is 1.30 bits per heavy atom. The molecular formula is C20H21N3O6S. The van der Waals surface area contributed by atoms with Gasteiger partial charge in [0.1, 0.15) is 12.4 Å². The number of non-ortho nitro benzene ring substituents is 1. The molecule has 10 heteroatoms. The third-order valence-corrected chi connectivity index (χ3v) is 5.94. The van der Waals surface area contributed by atoms with Gasteiger partial charge in [-0.3, -0.25) is 19.6 Å². The van der Waals surface area contributed by atoms with Crippen molar-refractivity contribution in [2.75, 3.05) is 22.8 Å². The van der Waals surface area contributed by atoms with Crippen LogP contribution >= 0.6 is 0 Å². The van der Waals surface area contributed by atoms with E-state index in [0.717, 1.165) is 6.07 Å². The summed E-state index contributed by atoms with van der Waals surface area (Å²) in [5, 5.41) is 10.9. The van der Waals surface area contributed by atoms with Crippen LogP contribution in [0.1, 0.15) is 13.8 Å². The quantitative estimate of drug-likeness (QED) is 0.426. The maximum absolute atomic E-state index is 12.8. The summed E-state index contributed by atoms with van der Waals surface area (Å²) >= 11 is 0. The number of carbonyl (C=O) groups excluding carboxylic acids is 1. The van der Waals surface area contributed by atoms with Gasteiger partial charge in [-0.1, -0.05) is 12.1 Å². The SMILES string of the molecule is C=CCN1C(=O)C(C)(C)COc2cc(NS(=O)(=O)c3cccc([N+](=O)[O-])c3)ccc21. The van der Waals surface area contributed by atoms with Crippen LogP contribution < -0.4 is 14.4 Å². The molecule has 1 N–H and O–H groups in total. The maximum Gasteiger partial charge on any atom is 0.270 e. The van der Waals surface area contributed by atoms with Crippen LogP contribution in [0.4, 0.5) is 17.1 Å². The zero-order valence-electron chi connectivity index (χ0n) is 16.5. The number of anilines is 2. The van der Waals surface area contributed by atoms with Crippen molar-refractivity contribution in [3.8, 4) is 5.75 Å². The minimum Gasteiger partial charge on any atom is -0.490 e. The highest BCUT2D eigenvalue weighted by Crippen LogP contribution is 2.38. The monoisotopic (exact) mass is 431 g/mol. The van der Waals surface area contributed by atoms with E-state index in [-0.39, 0.29) is 35.3 Å². The van der Waals surface area contributed by atoms with Crippen LogP contribution in [0.15, 0.2) is 60.0 Å². The Morgan fingerprint density at radius 3 is 2.70 bits per heavy atom. The van der Waals surface area contributed by atoms with Crippen molar-refractivity contribution in [1.29, 1.82) is 0 Å². The van der Waals surface area contributed by atoms with Gasteiger partial charge in [0, 0.05) is 24.7 Å². The molecule has 1 aliphatic rings. The van der Waals surface area contributed by atoms with Crippen molar-refractivity contribution in [1.82, 2.24) is 0 Å². The minimum absolute atomic E-state index is 0.119. The van der Waals surface area contributed by atoms with Gasteiger partial charge in [0.05, 0.1) is 26.6 Å². The molecule has 0 unspecified atom stereocenters. The molecule has 158 valence electrons. The van der Waals surface area contributed by atoms with Crippen LogP contribution in [0.2, 0.25) is 0 Å². The Labute approximate surface area is 174 Å². The van der Waals surface area contributed by atoms with Crippen molar-refractivity contribution in [3.05, 3.63) is 65.2 Å². The smallest absolute Gasteiger partial charge is 0.270 e. The average molecular weight is 431 g/mol. The second kappa shape index (κ2) is 7.79. The number of nitro groups is 1. The second-order valence-electron chi connectivity index (χ2n) is 7.42. The Morgan fingerprint density at radius 2 is 2.03 bits per heavy atom. The number of nitrogens with zero attached hydrogens (tertiary/aromatic N) is 2. The number of hydrogen-bond donors (Lipinski definition) is 1. The van der Waals surface area contributed by atoms with Crippen LogP contribution in [0.25, 0.3) is 0 Å². The molecule has 2 aromatic rings. The lowest BCUT2D eigenvalue weighted by atomic mass is 9.93. The number of rotatable bonds is 6. The molecule has 0 bridgehead atoms. The predicted octanol–water partition coefficient (Wildman–Crippen LogP) is 3.33. The second-order valence-corrected chi connectivity index (χ2v) is 9.10. The lowest BCUT2D eigenvalue weighted by molar-refractivity contribution is -0.385. The first kappa shape index (κ1) is 21.3. The molecule has 1 heterocycles. The summed E-state index contributed by atoms with van der Waals surface area (Å²) in [6, 6.07) is 9.32. The normalized spacial score (nSPS) is 15.5. The third kappa shape index (κ3) is 4.13. The summed E-state index contributed by atoms with van der Waals surface area (Å²) in [6.07, 6.45) is 1.60. The van der Waals surface area contributed by atoms with Crippen molar-refractivity contribution < 1.29 is 22.9 Å². The van der Waals surface area contributed by atoms with Gasteiger partial charge in [0.2, 0.25) is 5.91 Å². The largest absolute Gasteiger partial charge is 0.490 e. The fourth-order valence-corrected chi connectivity index (χ4v) is 4.09. The Balaban J connectivity index is 1.96. The van der Waals surface area contributed by atoms with E-state index in [0.29, 0.717) is 11.4 Å². The first-order valence-electron chi connectivity index (χ1n) is 9.02. The van der Waals surface area contributed by atoms with Gasteiger partial charge in [0.25, 0.3) is 15.7 Å². The molecule has 0 aliphatic carbocycles. The molecule has 0 radical (unpaired) electrons. The van der Waals surface area contributed by atoms with Crippen molar-refractivity contribution in [2.45, 2.75) is 18.7 Å². The highest BCUT2D eigenvalue weighted by atomic mass is 32.2. The molecule has 0 fully saturated rings. The van der Waals surface area contributed by atoms with Crippen LogP contribution in [0.5, 0.6) is 5.75 Å². The first-order chi connectivity index (χ1) is 14.0. The number of ether oxygens (including phenoxy) is 1. The average Bonchev–Trinajstić information content (AvgIpc) is 2.78. The van der Waals surface area contributed by atoms with Crippen molar-refractivity contribution in [2.24, 2.45) is 5.41 Å². The fraction of sp³-hybridized carbons (Fsp3) is 0.250. The summed E-state index contributed by atoms with van der Waals surface area (Å²) in [4.78, 5) is 24.4. The number of hydrogen-bond acceptors (Lipinski definition) is 6. The zero-order valence-corrected chi connectivity index (χ0v) is 17.3. The van der Waals surface area contributed by atoms with Gasteiger partial charge in [0.15, 0.2) is 0 Å². The molecule has 1 amide bonds. The molecule has 30 heavy (non-hydrogen) atoms. The Kier molecular flexibility index (Phi) is 5.53. The summed E-state index contributed by atoms with van der Waals surface area (Å²) in [5.74, 6) is 0.209. The molecule has 3 rings (SSSR count). The number of sulfonamides is 1. The van der Waals surface area contributed by atoms with Gasteiger partial charge in [-0.15, -0.1) is 6.58 Å². The van der Waals surface area contributed by atoms with E-state index in [9.17, 15) is 23.3 Å². The molecule has 2 aromatic carbocycles. The fourth-order valence-electron chi connectivity index (χ4n) is 3.00. The maximum atomic E-state index is 12.8. The summed E-state index contributed by atoms with van der Waals surface area (Å²) in [6.45, 7) is 7.61.